The molecule has 0 atom stereocenters. The maximum atomic E-state index is 13.6. The number of ether oxygens (including phenoxy) is 2. The van der Waals surface area contributed by atoms with Crippen molar-refractivity contribution in [3.63, 3.8) is 0 Å². The molecule has 0 heterocycles. The third kappa shape index (κ3) is 7.12. The molecule has 0 aliphatic rings. The van der Waals surface area contributed by atoms with Gasteiger partial charge in [0.1, 0.15) is 18.0 Å². The summed E-state index contributed by atoms with van der Waals surface area (Å²) in [6, 6.07) is 4.79. The molecular weight excluding hydrogens is 440 g/mol. The monoisotopic (exact) mass is 474 g/mol. The second-order valence-corrected chi connectivity index (χ2v) is 9.10. The van der Waals surface area contributed by atoms with Crippen LogP contribution in [0.2, 0.25) is 0 Å². The van der Waals surface area contributed by atoms with Gasteiger partial charge in [-0.2, -0.15) is 0 Å². The molecular formula is C25H34N2O5S. The lowest BCUT2D eigenvalue weighted by Gasteiger charge is -2.28. The quantitative estimate of drug-likeness (QED) is 0.430. The zero-order chi connectivity index (χ0) is 25.2. The highest BCUT2D eigenvalue weighted by atomic mass is 32.2. The van der Waals surface area contributed by atoms with Gasteiger partial charge >= 0.3 is 0 Å². The SMILES string of the molecule is C=C/C=C(\C=C(C)C)N(C)C(=O)CN(c1cc(OC)ccc1OC)S(=O)(=O)C(/C=C\C)=C/C. The average molecular weight is 475 g/mol. The highest BCUT2D eigenvalue weighted by Crippen LogP contribution is 2.35. The predicted octanol–water partition coefficient (Wildman–Crippen LogP) is 4.81. The molecule has 1 aromatic carbocycles. The Morgan fingerprint density at radius 2 is 1.82 bits per heavy atom. The molecule has 0 saturated carbocycles. The first-order valence-corrected chi connectivity index (χ1v) is 11.8. The first-order chi connectivity index (χ1) is 15.6. The topological polar surface area (TPSA) is 76.2 Å². The van der Waals surface area contributed by atoms with Crippen molar-refractivity contribution < 1.29 is 22.7 Å². The lowest BCUT2D eigenvalue weighted by molar-refractivity contribution is -0.126. The van der Waals surface area contributed by atoms with Gasteiger partial charge in [-0.05, 0) is 58.1 Å². The van der Waals surface area contributed by atoms with Crippen LogP contribution in [0.5, 0.6) is 11.5 Å². The second kappa shape index (κ2) is 12.7. The summed E-state index contributed by atoms with van der Waals surface area (Å²) in [4.78, 5) is 14.7. The Morgan fingerprint density at radius 1 is 1.15 bits per heavy atom. The van der Waals surface area contributed by atoms with Crippen LogP contribution in [-0.2, 0) is 14.8 Å². The van der Waals surface area contributed by atoms with Gasteiger partial charge in [-0.25, -0.2) is 8.42 Å². The summed E-state index contributed by atoms with van der Waals surface area (Å²) >= 11 is 0. The van der Waals surface area contributed by atoms with Crippen LogP contribution in [0.15, 0.2) is 77.4 Å². The first-order valence-electron chi connectivity index (χ1n) is 10.3. The fourth-order valence-corrected chi connectivity index (χ4v) is 4.50. The molecule has 0 aliphatic carbocycles. The molecule has 1 aromatic rings. The van der Waals surface area contributed by atoms with E-state index in [0.29, 0.717) is 11.4 Å². The predicted molar refractivity (Wildman–Crippen MR) is 135 cm³/mol. The highest BCUT2D eigenvalue weighted by molar-refractivity contribution is 7.96. The van der Waals surface area contributed by atoms with Gasteiger partial charge in [-0.3, -0.25) is 9.10 Å². The zero-order valence-electron chi connectivity index (χ0n) is 20.5. The fourth-order valence-electron chi connectivity index (χ4n) is 2.96. The van der Waals surface area contributed by atoms with Crippen molar-refractivity contribution in [3.05, 3.63) is 77.4 Å². The minimum absolute atomic E-state index is 0.0523. The van der Waals surface area contributed by atoms with Crippen LogP contribution >= 0.6 is 0 Å². The van der Waals surface area contributed by atoms with Crippen LogP contribution in [0, 0.1) is 0 Å². The van der Waals surface area contributed by atoms with Gasteiger partial charge in [0.15, 0.2) is 0 Å². The smallest absolute Gasteiger partial charge is 0.264 e. The maximum absolute atomic E-state index is 13.6. The van der Waals surface area contributed by atoms with Crippen LogP contribution in [0.25, 0.3) is 0 Å². The van der Waals surface area contributed by atoms with Crippen molar-refractivity contribution in [1.29, 1.82) is 0 Å². The number of likely N-dealkylation sites (N-methyl/N-ethyl adjacent to an activating group) is 1. The van der Waals surface area contributed by atoms with Crippen molar-refractivity contribution in [1.82, 2.24) is 4.90 Å². The Hall–Kier alpha value is -3.26. The molecule has 0 unspecified atom stereocenters. The van der Waals surface area contributed by atoms with E-state index in [1.54, 1.807) is 51.3 Å². The maximum Gasteiger partial charge on any atom is 0.264 e. The van der Waals surface area contributed by atoms with Gasteiger partial charge in [0, 0.05) is 18.8 Å². The van der Waals surface area contributed by atoms with Gasteiger partial charge in [0.25, 0.3) is 10.0 Å². The highest BCUT2D eigenvalue weighted by Gasteiger charge is 2.31. The van der Waals surface area contributed by atoms with E-state index in [9.17, 15) is 13.2 Å². The Labute approximate surface area is 198 Å². The third-order valence-corrected chi connectivity index (χ3v) is 6.50. The Bertz CT molecular complexity index is 1080. The summed E-state index contributed by atoms with van der Waals surface area (Å²) in [5, 5.41) is 0. The number of allylic oxidation sites excluding steroid dienone is 7. The number of sulfonamides is 1. The number of hydrogen-bond donors (Lipinski definition) is 0. The molecule has 0 aliphatic heterocycles. The van der Waals surface area contributed by atoms with Crippen molar-refractivity contribution >= 4 is 21.6 Å². The average Bonchev–Trinajstić information content (AvgIpc) is 2.78. The third-order valence-electron chi connectivity index (χ3n) is 4.62. The molecule has 0 spiro atoms. The van der Waals surface area contributed by atoms with Crippen LogP contribution in [0.1, 0.15) is 27.7 Å². The molecule has 8 heteroatoms. The minimum atomic E-state index is -4.11. The molecule has 0 saturated heterocycles. The van der Waals surface area contributed by atoms with Crippen molar-refractivity contribution in [2.75, 3.05) is 32.1 Å². The molecule has 0 aromatic heterocycles. The summed E-state index contributed by atoms with van der Waals surface area (Å²) in [6.45, 7) is 10.4. The summed E-state index contributed by atoms with van der Waals surface area (Å²) in [6.07, 6.45) is 9.67. The molecule has 33 heavy (non-hydrogen) atoms. The van der Waals surface area contributed by atoms with Gasteiger partial charge in [-0.1, -0.05) is 30.4 Å². The van der Waals surface area contributed by atoms with E-state index >= 15 is 0 Å². The number of methoxy groups -OCH3 is 2. The summed E-state index contributed by atoms with van der Waals surface area (Å²) in [5.41, 5.74) is 1.76. The normalized spacial score (nSPS) is 12.3. The molecule has 1 rings (SSSR count). The number of nitrogens with zero attached hydrogens (tertiary/aromatic N) is 2. The van der Waals surface area contributed by atoms with Gasteiger partial charge < -0.3 is 14.4 Å². The largest absolute Gasteiger partial charge is 0.497 e. The van der Waals surface area contributed by atoms with Crippen molar-refractivity contribution in [2.24, 2.45) is 0 Å². The Morgan fingerprint density at radius 3 is 2.30 bits per heavy atom. The minimum Gasteiger partial charge on any atom is -0.497 e. The molecule has 7 nitrogen and oxygen atoms in total. The van der Waals surface area contributed by atoms with E-state index < -0.39 is 22.5 Å². The Balaban J connectivity index is 3.69. The van der Waals surface area contributed by atoms with E-state index in [-0.39, 0.29) is 16.3 Å². The van der Waals surface area contributed by atoms with Crippen LogP contribution in [-0.4, -0.2) is 47.0 Å². The number of carbonyl (C=O) groups excluding carboxylic acids is 1. The fraction of sp³-hybridized carbons (Fsp3) is 0.320. The summed E-state index contributed by atoms with van der Waals surface area (Å²) in [5.74, 6) is 0.276. The number of carbonyl (C=O) groups is 1. The van der Waals surface area contributed by atoms with E-state index in [1.165, 1.54) is 37.3 Å². The number of rotatable bonds is 11. The van der Waals surface area contributed by atoms with Gasteiger partial charge in [-0.15, -0.1) is 0 Å². The summed E-state index contributed by atoms with van der Waals surface area (Å²) < 4.78 is 39.0. The molecule has 0 fully saturated rings. The lowest BCUT2D eigenvalue weighted by atomic mass is 10.2. The second-order valence-electron chi connectivity index (χ2n) is 7.24. The van der Waals surface area contributed by atoms with E-state index in [2.05, 4.69) is 6.58 Å². The summed E-state index contributed by atoms with van der Waals surface area (Å²) in [7, 11) is 0.400. The molecule has 0 bridgehead atoms. The van der Waals surface area contributed by atoms with Gasteiger partial charge in [0.2, 0.25) is 5.91 Å². The van der Waals surface area contributed by atoms with Crippen LogP contribution in [0.3, 0.4) is 0 Å². The zero-order valence-corrected chi connectivity index (χ0v) is 21.3. The van der Waals surface area contributed by atoms with E-state index in [1.807, 2.05) is 19.9 Å². The van der Waals surface area contributed by atoms with Gasteiger partial charge in [0.05, 0.1) is 24.8 Å². The number of anilines is 1. The Kier molecular flexibility index (Phi) is 10.7. The van der Waals surface area contributed by atoms with E-state index in [4.69, 9.17) is 9.47 Å². The molecule has 0 radical (unpaired) electrons. The number of amides is 1. The van der Waals surface area contributed by atoms with E-state index in [0.717, 1.165) is 9.88 Å². The number of benzene rings is 1. The molecule has 0 N–H and O–H groups in total. The standard InChI is InChI=1S/C25H34N2O5S/c1-9-12-20(16-19(4)5)26(6)25(28)18-27(33(29,30)22(11-3)13-10-2)23-17-21(31-7)14-15-24(23)32-8/h9-17H,1,18H2,2-8H3/b13-10-,20-12+,22-11+. The van der Waals surface area contributed by atoms with Crippen molar-refractivity contribution in [2.45, 2.75) is 27.7 Å². The molecule has 180 valence electrons. The first kappa shape index (κ1) is 27.8. The van der Waals surface area contributed by atoms with Crippen molar-refractivity contribution in [3.8, 4) is 11.5 Å². The lowest BCUT2D eigenvalue weighted by Crippen LogP contribution is -2.41. The van der Waals surface area contributed by atoms with Crippen LogP contribution < -0.4 is 13.8 Å². The van der Waals surface area contributed by atoms with Crippen LogP contribution in [0.4, 0.5) is 5.69 Å². The number of hydrogen-bond acceptors (Lipinski definition) is 5. The molecule has 1 amide bonds.